The van der Waals surface area contributed by atoms with Crippen LogP contribution in [-0.4, -0.2) is 103 Å². The lowest BCUT2D eigenvalue weighted by molar-refractivity contribution is -0.0636. The summed E-state index contributed by atoms with van der Waals surface area (Å²) in [6.45, 7) is -4.06. The van der Waals surface area contributed by atoms with Crippen LogP contribution in [0.25, 0.3) is 22.3 Å². The van der Waals surface area contributed by atoms with Crippen LogP contribution in [0.2, 0.25) is 0 Å². The van der Waals surface area contributed by atoms with Crippen molar-refractivity contribution in [2.24, 2.45) is 17.3 Å². The molecular weight excluding hydrogens is 684 g/mol. The first kappa shape index (κ1) is 31.5. The number of nitrogen functional groups attached to an aromatic ring is 1. The molecule has 8 rings (SSSR count). The van der Waals surface area contributed by atoms with Crippen LogP contribution in [0.1, 0.15) is 24.5 Å². The van der Waals surface area contributed by atoms with E-state index in [9.17, 15) is 29.4 Å². The predicted octanol–water partition coefficient (Wildman–Crippen LogP) is -0.588. The molecule has 23 heteroatoms. The highest BCUT2D eigenvalue weighted by Gasteiger charge is 2.74. The van der Waals surface area contributed by atoms with Crippen molar-refractivity contribution in [1.82, 2.24) is 39.0 Å². The lowest BCUT2D eigenvalue weighted by atomic mass is 9.99. The van der Waals surface area contributed by atoms with Crippen LogP contribution in [0.5, 0.6) is 0 Å². The topological polar surface area (TPSA) is 277 Å². The van der Waals surface area contributed by atoms with Crippen LogP contribution >= 0.6 is 14.5 Å². The van der Waals surface area contributed by atoms with Gasteiger partial charge in [0.25, 0.3) is 5.56 Å². The van der Waals surface area contributed by atoms with Gasteiger partial charge in [0.15, 0.2) is 28.9 Å². The van der Waals surface area contributed by atoms with E-state index in [1.807, 2.05) is 0 Å². The van der Waals surface area contributed by atoms with Gasteiger partial charge in [-0.25, -0.2) is 29.5 Å². The standard InChI is InChI=1S/C24H29N9O11P2S/c1-9-30-21-14(22(36)31-9)29-8-33(21)23-17-10(3-34)12(42-23)4-40-45(37,38)44-18-16(35)15(11-2-24(11,18)5-41-46(39,47)43-17)32-7-28-13-19(25)26-6-27-20(13)32/h6-8,10-12,15-18,23,34-35H,2-5H2,1H3,(H,37,38)(H,39,47)(H2,25,26,27)(H,30,31,36)/t10-,11-,12-,15-,16+,17-,18+,23-,24+,46?/m1/s1. The van der Waals surface area contributed by atoms with Gasteiger partial charge in [-0.05, 0) is 31.1 Å². The van der Waals surface area contributed by atoms with Crippen LogP contribution < -0.4 is 11.3 Å². The summed E-state index contributed by atoms with van der Waals surface area (Å²) in [6.07, 6.45) is -1.88. The van der Waals surface area contributed by atoms with Crippen molar-refractivity contribution in [3.63, 3.8) is 0 Å². The Morgan fingerprint density at radius 3 is 2.68 bits per heavy atom. The lowest BCUT2D eigenvalue weighted by Gasteiger charge is -2.31. The third-order valence-corrected chi connectivity index (χ3v) is 12.0. The zero-order chi connectivity index (χ0) is 33.0. The largest absolute Gasteiger partial charge is 0.472 e. The smallest absolute Gasteiger partial charge is 0.396 e. The molecule has 2 aliphatic carbocycles. The molecule has 1 spiro atoms. The van der Waals surface area contributed by atoms with Gasteiger partial charge in [0, 0.05) is 11.3 Å². The Morgan fingerprint density at radius 1 is 1.13 bits per heavy atom. The summed E-state index contributed by atoms with van der Waals surface area (Å²) in [5.41, 5.74) is 5.14. The second-order valence-electron chi connectivity index (χ2n) is 12.1. The van der Waals surface area contributed by atoms with E-state index in [-0.39, 0.29) is 23.6 Å². The van der Waals surface area contributed by atoms with Crippen LogP contribution in [0, 0.1) is 24.2 Å². The van der Waals surface area contributed by atoms with Crippen molar-refractivity contribution < 1.29 is 47.4 Å². The number of fused-ring (bicyclic) bond motifs is 4. The van der Waals surface area contributed by atoms with Gasteiger partial charge in [-0.3, -0.25) is 18.4 Å². The molecule has 11 atom stereocenters. The molecule has 2 saturated carbocycles. The Morgan fingerprint density at radius 2 is 1.89 bits per heavy atom. The third kappa shape index (κ3) is 5.00. The molecule has 252 valence electrons. The fourth-order valence-corrected chi connectivity index (χ4v) is 9.73. The monoisotopic (exact) mass is 713 g/mol. The van der Waals surface area contributed by atoms with Crippen molar-refractivity contribution in [3.05, 3.63) is 35.2 Å². The number of nitrogens with two attached hydrogens (primary N) is 1. The number of nitrogens with one attached hydrogen (secondary N) is 1. The van der Waals surface area contributed by atoms with E-state index in [2.05, 4.69) is 29.9 Å². The fraction of sp³-hybridized carbons (Fsp3) is 0.583. The number of H-pyrrole nitrogens is 1. The minimum Gasteiger partial charge on any atom is -0.396 e. The number of hydrogen-bond acceptors (Lipinski definition) is 16. The molecule has 4 aromatic rings. The third-order valence-electron chi connectivity index (χ3n) is 9.46. The summed E-state index contributed by atoms with van der Waals surface area (Å²) in [4.78, 5) is 58.3. The highest BCUT2D eigenvalue weighted by Crippen LogP contribution is 2.72. The number of aromatic amines is 1. The highest BCUT2D eigenvalue weighted by atomic mass is 32.5. The maximum absolute atomic E-state index is 13.4. The molecule has 2 aliphatic heterocycles. The lowest BCUT2D eigenvalue weighted by Crippen LogP contribution is -2.38. The first-order valence-corrected chi connectivity index (χ1v) is 18.5. The Kier molecular flexibility index (Phi) is 7.28. The normalized spacial score (nSPS) is 40.4. The molecule has 2 bridgehead atoms. The van der Waals surface area contributed by atoms with E-state index < -0.39 is 87.3 Å². The number of ether oxygens (including phenoxy) is 1. The van der Waals surface area contributed by atoms with E-state index in [1.165, 1.54) is 23.5 Å². The second kappa shape index (κ2) is 10.9. The zero-order valence-corrected chi connectivity index (χ0v) is 26.9. The number of anilines is 1. The number of nitrogens with zero attached hydrogens (tertiary/aromatic N) is 7. The maximum Gasteiger partial charge on any atom is 0.472 e. The molecule has 0 aromatic carbocycles. The predicted molar refractivity (Wildman–Crippen MR) is 161 cm³/mol. The Balaban J connectivity index is 1.15. The Bertz CT molecular complexity index is 2060. The number of aromatic nitrogens is 8. The van der Waals surface area contributed by atoms with Crippen LogP contribution in [0.3, 0.4) is 0 Å². The summed E-state index contributed by atoms with van der Waals surface area (Å²) < 4.78 is 45.5. The SMILES string of the molecule is Cc1nc2c(ncn2[C@@H]2O[C@@H]3COP(=O)(O)O[C@H]4[C@@H](O)[C@H](n5cnc6c(N)ncnc65)[C@H]5C[C@]54COP(O)(=S)O[C@@H]2[C@@H]3CO)c(=O)[nH]1. The molecule has 7 N–H and O–H groups in total. The number of hydrogen-bond donors (Lipinski definition) is 6. The number of aliphatic hydroxyl groups is 2. The minimum atomic E-state index is -4.91. The number of aliphatic hydroxyl groups excluding tert-OH is 2. The average molecular weight is 714 g/mol. The van der Waals surface area contributed by atoms with Crippen molar-refractivity contribution in [3.8, 4) is 0 Å². The summed E-state index contributed by atoms with van der Waals surface area (Å²) >= 11 is 5.43. The molecule has 4 fully saturated rings. The average Bonchev–Trinajstić information content (AvgIpc) is 3.30. The second-order valence-corrected chi connectivity index (χ2v) is 16.3. The molecule has 4 aromatic heterocycles. The van der Waals surface area contributed by atoms with E-state index in [4.69, 9.17) is 40.4 Å². The van der Waals surface area contributed by atoms with Gasteiger partial charge in [-0.2, -0.15) is 0 Å². The molecule has 4 aliphatic rings. The summed E-state index contributed by atoms with van der Waals surface area (Å²) in [5.74, 6) is -0.944. The number of phosphoric acid groups is 1. The van der Waals surface area contributed by atoms with Gasteiger partial charge in [0.2, 0.25) is 0 Å². The molecular formula is C24H29N9O11P2S. The van der Waals surface area contributed by atoms with Gasteiger partial charge >= 0.3 is 14.5 Å². The van der Waals surface area contributed by atoms with E-state index in [0.29, 0.717) is 23.4 Å². The molecule has 2 unspecified atom stereocenters. The van der Waals surface area contributed by atoms with Crippen LogP contribution in [0.15, 0.2) is 23.8 Å². The van der Waals surface area contributed by atoms with Gasteiger partial charge in [0.05, 0.1) is 44.6 Å². The van der Waals surface area contributed by atoms with Gasteiger partial charge in [0.1, 0.15) is 36.0 Å². The quantitative estimate of drug-likeness (QED) is 0.145. The minimum absolute atomic E-state index is 0.000347. The molecule has 6 heterocycles. The van der Waals surface area contributed by atoms with Crippen molar-refractivity contribution in [2.45, 2.75) is 50.0 Å². The summed E-state index contributed by atoms with van der Waals surface area (Å²) in [7, 11) is -4.91. The van der Waals surface area contributed by atoms with Crippen LogP contribution in [-0.2, 0) is 39.2 Å². The van der Waals surface area contributed by atoms with Gasteiger partial charge in [-0.15, -0.1) is 0 Å². The van der Waals surface area contributed by atoms with Gasteiger partial charge < -0.3 is 49.1 Å². The van der Waals surface area contributed by atoms with Crippen molar-refractivity contribution in [1.29, 1.82) is 0 Å². The molecule has 47 heavy (non-hydrogen) atoms. The Hall–Kier alpha value is -2.78. The van der Waals surface area contributed by atoms with E-state index >= 15 is 0 Å². The molecule has 0 amide bonds. The molecule has 20 nitrogen and oxygen atoms in total. The molecule has 2 saturated heterocycles. The number of aryl methyl sites for hydroxylation is 1. The highest BCUT2D eigenvalue weighted by molar-refractivity contribution is 8.07. The van der Waals surface area contributed by atoms with E-state index in [0.717, 1.165) is 0 Å². The number of phosphoric ester groups is 1. The Labute approximate surface area is 268 Å². The number of rotatable bonds is 3. The summed E-state index contributed by atoms with van der Waals surface area (Å²) in [5, 5.41) is 22.0. The van der Waals surface area contributed by atoms with Gasteiger partial charge in [-0.1, -0.05) is 0 Å². The maximum atomic E-state index is 13.4. The van der Waals surface area contributed by atoms with Crippen molar-refractivity contribution >= 4 is 54.5 Å². The van der Waals surface area contributed by atoms with Crippen LogP contribution in [0.4, 0.5) is 5.82 Å². The fourth-order valence-electron chi connectivity index (χ4n) is 7.23. The van der Waals surface area contributed by atoms with Crippen molar-refractivity contribution in [2.75, 3.05) is 25.6 Å². The first-order chi connectivity index (χ1) is 22.3. The number of imidazole rings is 2. The zero-order valence-electron chi connectivity index (χ0n) is 24.3. The van der Waals surface area contributed by atoms with E-state index in [1.54, 1.807) is 11.5 Å². The molecule has 0 radical (unpaired) electrons. The first-order valence-electron chi connectivity index (χ1n) is 14.4. The summed E-state index contributed by atoms with van der Waals surface area (Å²) in [6, 6.07) is -0.746.